The summed E-state index contributed by atoms with van der Waals surface area (Å²) in [5.41, 5.74) is 0. The van der Waals surface area contributed by atoms with E-state index in [4.69, 9.17) is 6.42 Å². The minimum Gasteiger partial charge on any atom is -0.340 e. The van der Waals surface area contributed by atoms with Crippen LogP contribution in [-0.4, -0.2) is 47.9 Å². The van der Waals surface area contributed by atoms with Crippen LogP contribution in [0.1, 0.15) is 13.8 Å². The molecule has 0 radical (unpaired) electrons. The van der Waals surface area contributed by atoms with Crippen LogP contribution in [0.2, 0.25) is 0 Å². The minimum absolute atomic E-state index is 0.160. The largest absolute Gasteiger partial charge is 0.340 e. The standard InChI is InChI=1S/C10H16N2O/c1-4-9(2)11-5-7-12(8-6-11)10(3)13/h1,9H,5-8H2,2-3H3. The normalized spacial score (nSPS) is 20.8. The lowest BCUT2D eigenvalue weighted by Crippen LogP contribution is -2.50. The van der Waals surface area contributed by atoms with E-state index in [1.54, 1.807) is 6.92 Å². The second kappa shape index (κ2) is 4.29. The van der Waals surface area contributed by atoms with E-state index >= 15 is 0 Å². The third-order valence-corrected chi connectivity index (χ3v) is 2.55. The van der Waals surface area contributed by atoms with Crippen molar-refractivity contribution in [3.05, 3.63) is 0 Å². The van der Waals surface area contributed by atoms with Crippen molar-refractivity contribution in [3.63, 3.8) is 0 Å². The zero-order chi connectivity index (χ0) is 9.84. The number of carbonyl (C=O) groups is 1. The first kappa shape index (κ1) is 10.1. The summed E-state index contributed by atoms with van der Waals surface area (Å²) in [7, 11) is 0. The number of carbonyl (C=O) groups excluding carboxylic acids is 1. The molecular weight excluding hydrogens is 164 g/mol. The van der Waals surface area contributed by atoms with Crippen LogP contribution < -0.4 is 0 Å². The maximum atomic E-state index is 11.0. The molecule has 0 aromatic rings. The lowest BCUT2D eigenvalue weighted by molar-refractivity contribution is -0.130. The lowest BCUT2D eigenvalue weighted by atomic mass is 10.2. The first-order valence-corrected chi connectivity index (χ1v) is 4.61. The van der Waals surface area contributed by atoms with Gasteiger partial charge in [-0.3, -0.25) is 9.69 Å². The van der Waals surface area contributed by atoms with E-state index in [0.29, 0.717) is 0 Å². The summed E-state index contributed by atoms with van der Waals surface area (Å²) in [5, 5.41) is 0. The van der Waals surface area contributed by atoms with Gasteiger partial charge in [0.2, 0.25) is 5.91 Å². The van der Waals surface area contributed by atoms with Crippen molar-refractivity contribution in [2.24, 2.45) is 0 Å². The highest BCUT2D eigenvalue weighted by Crippen LogP contribution is 2.05. The van der Waals surface area contributed by atoms with Crippen molar-refractivity contribution in [2.75, 3.05) is 26.2 Å². The van der Waals surface area contributed by atoms with Crippen LogP contribution >= 0.6 is 0 Å². The molecule has 13 heavy (non-hydrogen) atoms. The van der Waals surface area contributed by atoms with Gasteiger partial charge in [-0.1, -0.05) is 5.92 Å². The molecule has 0 aromatic heterocycles. The highest BCUT2D eigenvalue weighted by molar-refractivity contribution is 5.73. The predicted octanol–water partition coefficient (Wildman–Crippen LogP) is 0.172. The summed E-state index contributed by atoms with van der Waals surface area (Å²) in [6.45, 7) is 7.03. The number of terminal acetylenes is 1. The Labute approximate surface area is 79.7 Å². The van der Waals surface area contributed by atoms with Crippen molar-refractivity contribution in [2.45, 2.75) is 19.9 Å². The summed E-state index contributed by atoms with van der Waals surface area (Å²) >= 11 is 0. The highest BCUT2D eigenvalue weighted by Gasteiger charge is 2.20. The third kappa shape index (κ3) is 2.46. The van der Waals surface area contributed by atoms with E-state index in [1.165, 1.54) is 0 Å². The van der Waals surface area contributed by atoms with Gasteiger partial charge in [0.05, 0.1) is 6.04 Å². The van der Waals surface area contributed by atoms with E-state index in [-0.39, 0.29) is 11.9 Å². The van der Waals surface area contributed by atoms with Gasteiger partial charge < -0.3 is 4.90 Å². The Bertz CT molecular complexity index is 224. The first-order valence-electron chi connectivity index (χ1n) is 4.61. The monoisotopic (exact) mass is 180 g/mol. The van der Waals surface area contributed by atoms with E-state index < -0.39 is 0 Å². The zero-order valence-electron chi connectivity index (χ0n) is 8.29. The molecule has 0 saturated carbocycles. The van der Waals surface area contributed by atoms with Gasteiger partial charge in [0.25, 0.3) is 0 Å². The van der Waals surface area contributed by atoms with Gasteiger partial charge in [-0.2, -0.15) is 0 Å². The summed E-state index contributed by atoms with van der Waals surface area (Å²) < 4.78 is 0. The molecule has 1 saturated heterocycles. The number of amides is 1. The topological polar surface area (TPSA) is 23.6 Å². The quantitative estimate of drug-likeness (QED) is 0.537. The number of hydrogen-bond acceptors (Lipinski definition) is 2. The van der Waals surface area contributed by atoms with Crippen LogP contribution in [0.25, 0.3) is 0 Å². The summed E-state index contributed by atoms with van der Waals surface area (Å²) in [6.07, 6.45) is 5.33. The van der Waals surface area contributed by atoms with Crippen molar-refractivity contribution in [3.8, 4) is 12.3 Å². The second-order valence-corrected chi connectivity index (χ2v) is 3.38. The molecule has 1 rings (SSSR count). The molecule has 1 amide bonds. The fourth-order valence-corrected chi connectivity index (χ4v) is 1.53. The molecule has 1 heterocycles. The predicted molar refractivity (Wildman–Crippen MR) is 52.1 cm³/mol. The van der Waals surface area contributed by atoms with Gasteiger partial charge >= 0.3 is 0 Å². The molecular formula is C10H16N2O. The number of rotatable bonds is 1. The van der Waals surface area contributed by atoms with Gasteiger partial charge in [-0.25, -0.2) is 0 Å². The zero-order valence-corrected chi connectivity index (χ0v) is 8.29. The Morgan fingerprint density at radius 3 is 2.31 bits per heavy atom. The number of nitrogens with zero attached hydrogens (tertiary/aromatic N) is 2. The van der Waals surface area contributed by atoms with E-state index in [0.717, 1.165) is 26.2 Å². The average molecular weight is 180 g/mol. The third-order valence-electron chi connectivity index (χ3n) is 2.55. The van der Waals surface area contributed by atoms with Gasteiger partial charge in [0.1, 0.15) is 0 Å². The van der Waals surface area contributed by atoms with Gasteiger partial charge in [0, 0.05) is 33.1 Å². The van der Waals surface area contributed by atoms with Crippen molar-refractivity contribution in [1.82, 2.24) is 9.80 Å². The molecule has 1 aliphatic heterocycles. The smallest absolute Gasteiger partial charge is 0.219 e. The van der Waals surface area contributed by atoms with E-state index in [1.807, 2.05) is 11.8 Å². The van der Waals surface area contributed by atoms with Gasteiger partial charge in [0.15, 0.2) is 0 Å². The highest BCUT2D eigenvalue weighted by atomic mass is 16.2. The summed E-state index contributed by atoms with van der Waals surface area (Å²) in [6, 6.07) is 0.189. The van der Waals surface area contributed by atoms with Crippen LogP contribution in [-0.2, 0) is 4.79 Å². The molecule has 0 spiro atoms. The fourth-order valence-electron chi connectivity index (χ4n) is 1.53. The first-order chi connectivity index (χ1) is 6.15. The molecule has 1 fully saturated rings. The van der Waals surface area contributed by atoms with Crippen LogP contribution in [0.3, 0.4) is 0 Å². The average Bonchev–Trinajstić information content (AvgIpc) is 2.17. The molecule has 3 heteroatoms. The fraction of sp³-hybridized carbons (Fsp3) is 0.700. The Morgan fingerprint density at radius 1 is 1.38 bits per heavy atom. The van der Waals surface area contributed by atoms with Crippen molar-refractivity contribution >= 4 is 5.91 Å². The summed E-state index contributed by atoms with van der Waals surface area (Å²) in [4.78, 5) is 15.1. The van der Waals surface area contributed by atoms with Crippen LogP contribution in [0.5, 0.6) is 0 Å². The molecule has 0 aliphatic carbocycles. The van der Waals surface area contributed by atoms with E-state index in [2.05, 4.69) is 10.8 Å². The molecule has 0 aromatic carbocycles. The van der Waals surface area contributed by atoms with Crippen molar-refractivity contribution in [1.29, 1.82) is 0 Å². The Hall–Kier alpha value is -1.01. The number of hydrogen-bond donors (Lipinski definition) is 0. The molecule has 1 unspecified atom stereocenters. The van der Waals surface area contributed by atoms with Crippen molar-refractivity contribution < 1.29 is 4.79 Å². The van der Waals surface area contributed by atoms with E-state index in [9.17, 15) is 4.79 Å². The lowest BCUT2D eigenvalue weighted by Gasteiger charge is -2.35. The maximum Gasteiger partial charge on any atom is 0.219 e. The summed E-state index contributed by atoms with van der Waals surface area (Å²) in [5.74, 6) is 2.86. The van der Waals surface area contributed by atoms with Crippen LogP contribution in [0.4, 0.5) is 0 Å². The van der Waals surface area contributed by atoms with Crippen LogP contribution in [0, 0.1) is 12.3 Å². The van der Waals surface area contributed by atoms with Crippen LogP contribution in [0.15, 0.2) is 0 Å². The number of piperazine rings is 1. The Balaban J connectivity index is 2.40. The maximum absolute atomic E-state index is 11.0. The molecule has 3 nitrogen and oxygen atoms in total. The Kier molecular flexibility index (Phi) is 3.32. The SMILES string of the molecule is C#CC(C)N1CCN(C(C)=O)CC1. The second-order valence-electron chi connectivity index (χ2n) is 3.38. The molecule has 72 valence electrons. The Morgan fingerprint density at radius 2 is 1.92 bits per heavy atom. The molecule has 1 aliphatic rings. The van der Waals surface area contributed by atoms with Gasteiger partial charge in [-0.05, 0) is 6.92 Å². The molecule has 1 atom stereocenters. The van der Waals surface area contributed by atoms with Gasteiger partial charge in [-0.15, -0.1) is 6.42 Å². The molecule has 0 N–H and O–H groups in total. The molecule has 0 bridgehead atoms. The minimum atomic E-state index is 0.160.